The summed E-state index contributed by atoms with van der Waals surface area (Å²) < 4.78 is 24.1. The third-order valence-electron chi connectivity index (χ3n) is 3.90. The number of hydrogen-bond donors (Lipinski definition) is 0. The molecule has 1 spiro atoms. The highest BCUT2D eigenvalue weighted by Gasteiger charge is 2.56. The lowest BCUT2D eigenvalue weighted by molar-refractivity contribution is 0.0422. The zero-order valence-electron chi connectivity index (χ0n) is 10.4. The second-order valence-electron chi connectivity index (χ2n) is 4.82. The quantitative estimate of drug-likeness (QED) is 0.589. The maximum atomic E-state index is 13.0. The Morgan fingerprint density at radius 3 is 2.76 bits per heavy atom. The van der Waals surface area contributed by atoms with Gasteiger partial charge in [0.15, 0.2) is 0 Å². The third kappa shape index (κ3) is 2.43. The molecule has 0 bridgehead atoms. The van der Waals surface area contributed by atoms with E-state index in [0.29, 0.717) is 19.1 Å². The number of hydrogen-bond acceptors (Lipinski definition) is 4. The van der Waals surface area contributed by atoms with E-state index < -0.39 is 12.9 Å². The van der Waals surface area contributed by atoms with Gasteiger partial charge in [0.05, 0.1) is 13.2 Å². The standard InChI is InChI=1S/C11H21ClNO3P/c1-13-8-10-16-17(14,15-9-7-12)11(13)5-3-2-4-6-11/h2-10H2,1H3. The molecule has 100 valence electrons. The highest BCUT2D eigenvalue weighted by Crippen LogP contribution is 2.67. The van der Waals surface area contributed by atoms with E-state index in [0.717, 1.165) is 32.2 Å². The minimum atomic E-state index is -3.05. The summed E-state index contributed by atoms with van der Waals surface area (Å²) in [5.74, 6) is 0.354. The van der Waals surface area contributed by atoms with Gasteiger partial charge in [-0.25, -0.2) is 0 Å². The summed E-state index contributed by atoms with van der Waals surface area (Å²) in [5, 5.41) is -0.393. The molecule has 0 aromatic heterocycles. The average molecular weight is 282 g/mol. The molecule has 1 heterocycles. The fourth-order valence-corrected chi connectivity index (χ4v) is 5.70. The minimum Gasteiger partial charge on any atom is -0.306 e. The van der Waals surface area contributed by atoms with E-state index >= 15 is 0 Å². The van der Waals surface area contributed by atoms with E-state index in [1.165, 1.54) is 6.42 Å². The van der Waals surface area contributed by atoms with E-state index in [1.807, 2.05) is 7.05 Å². The molecule has 6 heteroatoms. The van der Waals surface area contributed by atoms with E-state index in [9.17, 15) is 4.57 Å². The van der Waals surface area contributed by atoms with Gasteiger partial charge in [0, 0.05) is 12.4 Å². The van der Waals surface area contributed by atoms with E-state index in [-0.39, 0.29) is 0 Å². The Balaban J connectivity index is 2.23. The first-order valence-corrected chi connectivity index (χ1v) is 8.39. The predicted molar refractivity (Wildman–Crippen MR) is 68.7 cm³/mol. The van der Waals surface area contributed by atoms with Gasteiger partial charge in [0.2, 0.25) is 0 Å². The normalized spacial score (nSPS) is 34.0. The highest BCUT2D eigenvalue weighted by atomic mass is 35.5. The van der Waals surface area contributed by atoms with Crippen LogP contribution in [0.25, 0.3) is 0 Å². The van der Waals surface area contributed by atoms with Crippen LogP contribution in [0.5, 0.6) is 0 Å². The molecule has 0 aromatic rings. The number of halogens is 1. The van der Waals surface area contributed by atoms with Crippen molar-refractivity contribution in [3.05, 3.63) is 0 Å². The Morgan fingerprint density at radius 2 is 2.12 bits per heavy atom. The van der Waals surface area contributed by atoms with Crippen LogP contribution in [0.1, 0.15) is 32.1 Å². The fraction of sp³-hybridized carbons (Fsp3) is 1.00. The van der Waals surface area contributed by atoms with Crippen molar-refractivity contribution < 1.29 is 13.6 Å². The summed E-state index contributed by atoms with van der Waals surface area (Å²) in [7, 11) is -1.02. The predicted octanol–water partition coefficient (Wildman–Crippen LogP) is 3.06. The van der Waals surface area contributed by atoms with Gasteiger partial charge >= 0.3 is 7.60 Å². The molecule has 0 radical (unpaired) electrons. The molecule has 0 aromatic carbocycles. The Labute approximate surface area is 108 Å². The molecule has 0 amide bonds. The van der Waals surface area contributed by atoms with Crippen molar-refractivity contribution in [1.82, 2.24) is 4.90 Å². The van der Waals surface area contributed by atoms with Gasteiger partial charge in [-0.1, -0.05) is 19.3 Å². The van der Waals surface area contributed by atoms with Crippen LogP contribution in [-0.2, 0) is 13.6 Å². The Hall–Kier alpha value is 0.400. The molecule has 1 aliphatic carbocycles. The highest BCUT2D eigenvalue weighted by molar-refractivity contribution is 7.55. The SMILES string of the molecule is CN1CCOP(=O)(OCCCl)C12CCCCC2. The van der Waals surface area contributed by atoms with Crippen molar-refractivity contribution in [2.24, 2.45) is 0 Å². The van der Waals surface area contributed by atoms with E-state index in [4.69, 9.17) is 20.6 Å². The van der Waals surface area contributed by atoms with Gasteiger partial charge in [0.25, 0.3) is 0 Å². The van der Waals surface area contributed by atoms with Crippen LogP contribution in [0.2, 0.25) is 0 Å². The van der Waals surface area contributed by atoms with Crippen LogP contribution in [0.4, 0.5) is 0 Å². The van der Waals surface area contributed by atoms with Crippen LogP contribution in [0.3, 0.4) is 0 Å². The Morgan fingerprint density at radius 1 is 1.41 bits per heavy atom. The summed E-state index contributed by atoms with van der Waals surface area (Å²) in [6, 6.07) is 0. The molecule has 2 rings (SSSR count). The molecule has 2 aliphatic rings. The molecule has 2 fully saturated rings. The van der Waals surface area contributed by atoms with Crippen LogP contribution in [0.15, 0.2) is 0 Å². The molecule has 1 unspecified atom stereocenters. The fourth-order valence-electron chi connectivity index (χ4n) is 2.92. The van der Waals surface area contributed by atoms with Crippen LogP contribution >= 0.6 is 19.2 Å². The zero-order chi connectivity index (χ0) is 12.4. The maximum absolute atomic E-state index is 13.0. The number of rotatable bonds is 3. The summed E-state index contributed by atoms with van der Waals surface area (Å²) in [6.07, 6.45) is 5.22. The second-order valence-corrected chi connectivity index (χ2v) is 7.54. The molecule has 1 aliphatic heterocycles. The van der Waals surface area contributed by atoms with Crippen molar-refractivity contribution in [3.8, 4) is 0 Å². The largest absolute Gasteiger partial charge is 0.350 e. The Kier molecular flexibility index (Phi) is 4.54. The smallest absolute Gasteiger partial charge is 0.306 e. The molecule has 1 saturated heterocycles. The summed E-state index contributed by atoms with van der Waals surface area (Å²) in [4.78, 5) is 2.19. The molecule has 4 nitrogen and oxygen atoms in total. The number of alkyl halides is 1. The van der Waals surface area contributed by atoms with Crippen molar-refractivity contribution in [3.63, 3.8) is 0 Å². The number of nitrogens with zero attached hydrogens (tertiary/aromatic N) is 1. The van der Waals surface area contributed by atoms with Crippen molar-refractivity contribution in [1.29, 1.82) is 0 Å². The maximum Gasteiger partial charge on any atom is 0.350 e. The minimum absolute atomic E-state index is 0.300. The van der Waals surface area contributed by atoms with Gasteiger partial charge in [-0.15, -0.1) is 11.6 Å². The van der Waals surface area contributed by atoms with Crippen molar-refractivity contribution in [2.45, 2.75) is 37.4 Å². The summed E-state index contributed by atoms with van der Waals surface area (Å²) in [6.45, 7) is 1.61. The third-order valence-corrected chi connectivity index (χ3v) is 6.91. The number of likely N-dealkylation sites (N-methyl/N-ethyl adjacent to an activating group) is 1. The summed E-state index contributed by atoms with van der Waals surface area (Å²) >= 11 is 5.63. The molecule has 0 N–H and O–H groups in total. The molecular weight excluding hydrogens is 261 g/mol. The van der Waals surface area contributed by atoms with Crippen molar-refractivity contribution in [2.75, 3.05) is 32.7 Å². The van der Waals surface area contributed by atoms with Gasteiger partial charge < -0.3 is 9.05 Å². The molecule has 1 saturated carbocycles. The first-order chi connectivity index (χ1) is 8.15. The lowest BCUT2D eigenvalue weighted by Crippen LogP contribution is -2.52. The molecular formula is C11H21ClNO3P. The van der Waals surface area contributed by atoms with Gasteiger partial charge in [-0.05, 0) is 19.9 Å². The molecule has 17 heavy (non-hydrogen) atoms. The lowest BCUT2D eigenvalue weighted by atomic mass is 9.93. The van der Waals surface area contributed by atoms with E-state index in [2.05, 4.69) is 4.90 Å². The lowest BCUT2D eigenvalue weighted by Gasteiger charge is -2.50. The first-order valence-electron chi connectivity index (χ1n) is 6.31. The van der Waals surface area contributed by atoms with Gasteiger partial charge in [-0.2, -0.15) is 0 Å². The zero-order valence-corrected chi connectivity index (χ0v) is 12.0. The average Bonchev–Trinajstić information content (AvgIpc) is 2.35. The van der Waals surface area contributed by atoms with Crippen LogP contribution < -0.4 is 0 Å². The van der Waals surface area contributed by atoms with Crippen LogP contribution in [-0.4, -0.2) is 42.9 Å². The topological polar surface area (TPSA) is 38.8 Å². The monoisotopic (exact) mass is 281 g/mol. The van der Waals surface area contributed by atoms with Crippen molar-refractivity contribution >= 4 is 19.2 Å². The first kappa shape index (κ1) is 13.8. The summed E-state index contributed by atoms with van der Waals surface area (Å²) in [5.41, 5.74) is 0. The van der Waals surface area contributed by atoms with E-state index in [1.54, 1.807) is 0 Å². The molecule has 1 atom stereocenters. The van der Waals surface area contributed by atoms with Crippen LogP contribution in [0, 0.1) is 0 Å². The van der Waals surface area contributed by atoms with Gasteiger partial charge in [-0.3, -0.25) is 9.46 Å². The second kappa shape index (κ2) is 5.58. The van der Waals surface area contributed by atoms with Gasteiger partial charge in [0.1, 0.15) is 5.28 Å². The Bertz CT molecular complexity index is 307.